The summed E-state index contributed by atoms with van der Waals surface area (Å²) in [4.78, 5) is 41.1. The molecule has 0 spiro atoms. The molecular weight excluding hydrogens is 526 g/mol. The Morgan fingerprint density at radius 1 is 1.21 bits per heavy atom. The molecule has 0 atom stereocenters. The lowest BCUT2D eigenvalue weighted by Gasteiger charge is -2.17. The number of thioether (sulfide) groups is 1. The quantitative estimate of drug-likeness (QED) is 0.264. The zero-order chi connectivity index (χ0) is 27.1. The van der Waals surface area contributed by atoms with Gasteiger partial charge >= 0.3 is 0 Å². The molecule has 2 aliphatic heterocycles. The summed E-state index contributed by atoms with van der Waals surface area (Å²) < 4.78 is 7.89. The number of rotatable bonds is 6. The number of carbonyl (C=O) groups excluding carboxylic acids is 1. The van der Waals surface area contributed by atoms with Crippen LogP contribution in [0.2, 0.25) is 0 Å². The number of hydrogen-bond donors (Lipinski definition) is 0. The predicted molar refractivity (Wildman–Crippen MR) is 150 cm³/mol. The van der Waals surface area contributed by atoms with E-state index in [0.717, 1.165) is 26.4 Å². The van der Waals surface area contributed by atoms with E-state index in [1.807, 2.05) is 25.1 Å². The molecule has 0 bridgehead atoms. The van der Waals surface area contributed by atoms with Crippen LogP contribution in [0.3, 0.4) is 0 Å². The van der Waals surface area contributed by atoms with Crippen LogP contribution in [0.5, 0.6) is 5.75 Å². The zero-order valence-electron chi connectivity index (χ0n) is 20.8. The zero-order valence-corrected chi connectivity index (χ0v) is 22.5. The van der Waals surface area contributed by atoms with Crippen molar-refractivity contribution in [3.05, 3.63) is 84.8 Å². The van der Waals surface area contributed by atoms with Gasteiger partial charge in [0.1, 0.15) is 20.0 Å². The summed E-state index contributed by atoms with van der Waals surface area (Å²) in [5.74, 6) is 0.262. The second-order valence-electron chi connectivity index (χ2n) is 8.38. The maximum Gasteiger partial charge on any atom is 0.283 e. The molecule has 38 heavy (non-hydrogen) atoms. The molecule has 3 heterocycles. The Morgan fingerprint density at radius 3 is 2.68 bits per heavy atom. The molecule has 10 nitrogen and oxygen atoms in total. The minimum atomic E-state index is -0.526. The molecule has 5 rings (SSSR count). The number of non-ortho nitro benzene ring substituents is 1. The molecule has 1 amide bonds. The number of fused-ring (bicyclic) bond motifs is 1. The number of nitro groups is 1. The lowest BCUT2D eigenvalue weighted by atomic mass is 10.2. The van der Waals surface area contributed by atoms with Gasteiger partial charge in [0.2, 0.25) is 0 Å². The summed E-state index contributed by atoms with van der Waals surface area (Å²) >= 11 is 2.73. The first kappa shape index (κ1) is 25.5. The number of benzene rings is 2. The molecule has 194 valence electrons. The van der Waals surface area contributed by atoms with Crippen molar-refractivity contribution in [3.8, 4) is 5.75 Å². The number of nitrogens with zero attached hydrogens (tertiary/aromatic N) is 5. The number of methoxy groups -OCH3 is 1. The first-order valence-electron chi connectivity index (χ1n) is 11.7. The second-order valence-corrected chi connectivity index (χ2v) is 10.4. The Hall–Kier alpha value is -4.16. The van der Waals surface area contributed by atoms with Crippen LogP contribution in [-0.2, 0) is 11.3 Å². The monoisotopic (exact) mass is 549 g/mol. The van der Waals surface area contributed by atoms with E-state index in [4.69, 9.17) is 4.74 Å². The number of allylic oxidation sites excluding steroid dienone is 1. The number of anilines is 2. The Labute approximate surface area is 225 Å². The first-order chi connectivity index (χ1) is 18.3. The van der Waals surface area contributed by atoms with Gasteiger partial charge < -0.3 is 9.64 Å². The van der Waals surface area contributed by atoms with Crippen LogP contribution in [0, 0.1) is 10.1 Å². The molecule has 2 aromatic carbocycles. The third-order valence-corrected chi connectivity index (χ3v) is 8.63. The average Bonchev–Trinajstić information content (AvgIpc) is 3.54. The van der Waals surface area contributed by atoms with E-state index in [1.165, 1.54) is 45.9 Å². The van der Waals surface area contributed by atoms with E-state index >= 15 is 0 Å². The SMILES string of the molecule is C=CCn1c(=O)/c(=C2/Sc3ccc(OC)cc3N2CC)s/c1=C1/C(=O)N(c2cccc([N+](=O)[O-])c2)N=C1C. The molecule has 0 fully saturated rings. The number of aromatic nitrogens is 1. The van der Waals surface area contributed by atoms with Gasteiger partial charge in [0, 0.05) is 36.2 Å². The van der Waals surface area contributed by atoms with Gasteiger partial charge in [0.15, 0.2) is 0 Å². The van der Waals surface area contributed by atoms with Crippen LogP contribution in [-0.4, -0.2) is 34.8 Å². The van der Waals surface area contributed by atoms with Crippen LogP contribution >= 0.6 is 23.1 Å². The highest BCUT2D eigenvalue weighted by molar-refractivity contribution is 8.08. The Morgan fingerprint density at radius 2 is 2.00 bits per heavy atom. The predicted octanol–water partition coefficient (Wildman–Crippen LogP) is 3.28. The van der Waals surface area contributed by atoms with Crippen LogP contribution in [0.1, 0.15) is 13.8 Å². The summed E-state index contributed by atoms with van der Waals surface area (Å²) in [7, 11) is 1.61. The van der Waals surface area contributed by atoms with Crippen molar-refractivity contribution in [3.63, 3.8) is 0 Å². The van der Waals surface area contributed by atoms with Crippen LogP contribution < -0.4 is 29.4 Å². The van der Waals surface area contributed by atoms with Crippen molar-refractivity contribution in [1.29, 1.82) is 0 Å². The molecule has 0 aliphatic carbocycles. The lowest BCUT2D eigenvalue weighted by molar-refractivity contribution is -0.384. The normalized spacial score (nSPS) is 17.6. The molecule has 1 aromatic heterocycles. The highest BCUT2D eigenvalue weighted by Crippen LogP contribution is 2.47. The maximum atomic E-state index is 13.7. The third-order valence-electron chi connectivity index (χ3n) is 6.13. The molecule has 2 aliphatic rings. The van der Waals surface area contributed by atoms with Crippen LogP contribution in [0.25, 0.3) is 10.6 Å². The van der Waals surface area contributed by atoms with Gasteiger partial charge in [-0.25, -0.2) is 0 Å². The number of amides is 1. The van der Waals surface area contributed by atoms with Gasteiger partial charge in [0.25, 0.3) is 17.2 Å². The number of carbonyl (C=O) groups is 1. The van der Waals surface area contributed by atoms with E-state index in [1.54, 1.807) is 26.2 Å². The standard InChI is InChI=1S/C26H23N5O5S2/c1-5-12-29-24(33)22(26-28(6-2)19-14-18(36-4)10-11-20(19)37-26)38-25(29)21-15(3)27-30(23(21)32)16-8-7-9-17(13-16)31(34)35/h5,7-11,13-14H,1,6,12H2,2-4H3/b25-21+,26-22-. The summed E-state index contributed by atoms with van der Waals surface area (Å²) in [5, 5.41) is 17.6. The minimum absolute atomic E-state index is 0.149. The van der Waals surface area contributed by atoms with Gasteiger partial charge in [0.05, 0.1) is 34.7 Å². The molecular formula is C26H23N5O5S2. The number of nitro benzene ring substituents is 1. The Balaban J connectivity index is 1.71. The molecule has 0 radical (unpaired) electrons. The van der Waals surface area contributed by atoms with Crippen molar-refractivity contribution in [1.82, 2.24) is 4.57 Å². The van der Waals surface area contributed by atoms with Crippen molar-refractivity contribution < 1.29 is 14.5 Å². The third kappa shape index (κ3) is 4.11. The fraction of sp³-hybridized carbons (Fsp3) is 0.192. The first-order valence-corrected chi connectivity index (χ1v) is 13.3. The van der Waals surface area contributed by atoms with Gasteiger partial charge in [-0.1, -0.05) is 23.9 Å². The number of thiazole rings is 1. The molecule has 0 unspecified atom stereocenters. The largest absolute Gasteiger partial charge is 0.497 e. The van der Waals surface area contributed by atoms with Crippen molar-refractivity contribution in [2.75, 3.05) is 23.6 Å². The molecule has 0 N–H and O–H groups in total. The number of hydrazone groups is 1. The van der Waals surface area contributed by atoms with E-state index in [-0.39, 0.29) is 29.1 Å². The van der Waals surface area contributed by atoms with E-state index in [9.17, 15) is 19.7 Å². The fourth-order valence-corrected chi connectivity index (χ4v) is 6.94. The summed E-state index contributed by atoms with van der Waals surface area (Å²) in [5.41, 5.74) is 1.54. The van der Waals surface area contributed by atoms with Gasteiger partial charge in [-0.2, -0.15) is 10.1 Å². The molecule has 0 saturated carbocycles. The van der Waals surface area contributed by atoms with Gasteiger partial charge in [-0.15, -0.1) is 17.9 Å². The van der Waals surface area contributed by atoms with Crippen molar-refractivity contribution >= 4 is 62.4 Å². The number of hydrogen-bond acceptors (Lipinski definition) is 9. The summed E-state index contributed by atoms with van der Waals surface area (Å²) in [6.45, 7) is 8.32. The van der Waals surface area contributed by atoms with Gasteiger partial charge in [-0.05, 0) is 32.0 Å². The highest BCUT2D eigenvalue weighted by Gasteiger charge is 2.33. The molecule has 3 aromatic rings. The smallest absolute Gasteiger partial charge is 0.283 e. The van der Waals surface area contributed by atoms with E-state index in [0.29, 0.717) is 21.5 Å². The Kier molecular flexibility index (Phi) is 6.67. The molecule has 12 heteroatoms. The van der Waals surface area contributed by atoms with Crippen molar-refractivity contribution in [2.24, 2.45) is 5.10 Å². The lowest BCUT2D eigenvalue weighted by Crippen LogP contribution is -2.35. The maximum absolute atomic E-state index is 13.7. The minimum Gasteiger partial charge on any atom is -0.497 e. The fourth-order valence-electron chi connectivity index (χ4n) is 4.36. The molecule has 0 saturated heterocycles. The number of ether oxygens (including phenoxy) is 1. The topological polar surface area (TPSA) is 110 Å². The average molecular weight is 550 g/mol. The van der Waals surface area contributed by atoms with Gasteiger partial charge in [-0.3, -0.25) is 24.3 Å². The van der Waals surface area contributed by atoms with Crippen molar-refractivity contribution in [2.45, 2.75) is 25.3 Å². The second kappa shape index (κ2) is 9.95. The Bertz CT molecular complexity index is 1720. The summed E-state index contributed by atoms with van der Waals surface area (Å²) in [6.07, 6.45) is 1.61. The highest BCUT2D eigenvalue weighted by atomic mass is 32.2. The summed E-state index contributed by atoms with van der Waals surface area (Å²) in [6, 6.07) is 11.5. The van der Waals surface area contributed by atoms with E-state index in [2.05, 4.69) is 16.6 Å². The van der Waals surface area contributed by atoms with Crippen LogP contribution in [0.4, 0.5) is 17.1 Å². The van der Waals surface area contributed by atoms with E-state index < -0.39 is 10.8 Å². The van der Waals surface area contributed by atoms with Crippen LogP contribution in [0.15, 0.2) is 69.9 Å².